The Bertz CT molecular complexity index is 948. The van der Waals surface area contributed by atoms with Gasteiger partial charge in [-0.25, -0.2) is 4.79 Å². The lowest BCUT2D eigenvalue weighted by Crippen LogP contribution is -2.41. The normalized spacial score (nSPS) is 18.8. The lowest BCUT2D eigenvalue weighted by molar-refractivity contribution is -0.147. The monoisotopic (exact) mass is 422 g/mol. The fraction of sp³-hybridized carbons (Fsp3) is 0.400. The van der Waals surface area contributed by atoms with Crippen molar-refractivity contribution in [3.8, 4) is 0 Å². The molecule has 3 rings (SSSR count). The quantitative estimate of drug-likeness (QED) is 0.417. The number of carbonyl (C=O) groups is 3. The van der Waals surface area contributed by atoms with Crippen molar-refractivity contribution >= 4 is 17.9 Å². The van der Waals surface area contributed by atoms with Crippen LogP contribution in [0.15, 0.2) is 54.6 Å². The topological polar surface area (TPSA) is 75.7 Å². The molecule has 1 aliphatic heterocycles. The van der Waals surface area contributed by atoms with E-state index < -0.39 is 30.0 Å². The van der Waals surface area contributed by atoms with E-state index in [0.29, 0.717) is 12.0 Å². The molecule has 31 heavy (non-hydrogen) atoms. The summed E-state index contributed by atoms with van der Waals surface area (Å²) in [5.41, 5.74) is 1.76. The molecule has 0 spiro atoms. The molecule has 0 bridgehead atoms. The van der Waals surface area contributed by atoms with Crippen molar-refractivity contribution in [3.63, 3.8) is 0 Å². The average molecular weight is 423 g/mol. The highest BCUT2D eigenvalue weighted by atomic mass is 16.5. The maximum atomic E-state index is 13.0. The van der Waals surface area contributed by atoms with Crippen molar-refractivity contribution in [3.05, 3.63) is 71.3 Å². The van der Waals surface area contributed by atoms with E-state index in [4.69, 9.17) is 4.74 Å². The predicted molar refractivity (Wildman–Crippen MR) is 118 cm³/mol. The highest BCUT2D eigenvalue weighted by Crippen LogP contribution is 2.31. The standard InChI is InChI=1S/C25H30N2O4/c1-24(2,3)19-12-14-20(15-13-19)25(4)22(29)27(23(30)26-25)17-21(28)31-16-8-11-18-9-6-5-7-10-18/h5-7,9-10,12-15H,8,11,16-17H2,1-4H3,(H,26,30). The van der Waals surface area contributed by atoms with E-state index >= 15 is 0 Å². The maximum absolute atomic E-state index is 13.0. The van der Waals surface area contributed by atoms with Crippen LogP contribution in [0.1, 0.15) is 50.8 Å². The molecular weight excluding hydrogens is 392 g/mol. The van der Waals surface area contributed by atoms with Gasteiger partial charge >= 0.3 is 12.0 Å². The van der Waals surface area contributed by atoms with Crippen LogP contribution in [0.2, 0.25) is 0 Å². The van der Waals surface area contributed by atoms with Gasteiger partial charge in [-0.15, -0.1) is 0 Å². The van der Waals surface area contributed by atoms with E-state index in [1.807, 2.05) is 54.6 Å². The SMILES string of the molecule is CC(C)(C)c1ccc(C2(C)NC(=O)N(CC(=O)OCCCc3ccccc3)C2=O)cc1. The maximum Gasteiger partial charge on any atom is 0.326 e. The van der Waals surface area contributed by atoms with Crippen LogP contribution in [0.5, 0.6) is 0 Å². The van der Waals surface area contributed by atoms with Gasteiger partial charge in [0.25, 0.3) is 5.91 Å². The van der Waals surface area contributed by atoms with Crippen LogP contribution in [0.4, 0.5) is 4.79 Å². The lowest BCUT2D eigenvalue weighted by Gasteiger charge is -2.24. The van der Waals surface area contributed by atoms with Gasteiger partial charge in [-0.05, 0) is 41.9 Å². The molecule has 2 aromatic rings. The Morgan fingerprint density at radius 2 is 1.68 bits per heavy atom. The summed E-state index contributed by atoms with van der Waals surface area (Å²) in [6.45, 7) is 7.83. The Balaban J connectivity index is 1.57. The Hall–Kier alpha value is -3.15. The molecule has 164 valence electrons. The van der Waals surface area contributed by atoms with Crippen molar-refractivity contribution in [1.29, 1.82) is 0 Å². The fourth-order valence-electron chi connectivity index (χ4n) is 3.62. The zero-order valence-electron chi connectivity index (χ0n) is 18.6. The first-order chi connectivity index (χ1) is 14.6. The lowest BCUT2D eigenvalue weighted by atomic mass is 9.84. The van der Waals surface area contributed by atoms with Crippen molar-refractivity contribution in [2.75, 3.05) is 13.2 Å². The average Bonchev–Trinajstić information content (AvgIpc) is 2.95. The highest BCUT2D eigenvalue weighted by Gasteiger charge is 2.49. The number of rotatable bonds is 7. The third-order valence-electron chi connectivity index (χ3n) is 5.61. The molecule has 0 aliphatic carbocycles. The summed E-state index contributed by atoms with van der Waals surface area (Å²) in [4.78, 5) is 38.6. The smallest absolute Gasteiger partial charge is 0.326 e. The molecule has 3 amide bonds. The van der Waals surface area contributed by atoms with Crippen LogP contribution in [0.3, 0.4) is 0 Å². The molecular formula is C25H30N2O4. The Morgan fingerprint density at radius 1 is 1.03 bits per heavy atom. The molecule has 1 heterocycles. The molecule has 2 aromatic carbocycles. The van der Waals surface area contributed by atoms with E-state index in [9.17, 15) is 14.4 Å². The largest absolute Gasteiger partial charge is 0.464 e. The van der Waals surface area contributed by atoms with Crippen molar-refractivity contribution in [2.24, 2.45) is 0 Å². The minimum atomic E-state index is -1.21. The van der Waals surface area contributed by atoms with Gasteiger partial charge in [0.1, 0.15) is 12.1 Å². The third-order valence-corrected chi connectivity index (χ3v) is 5.61. The predicted octanol–water partition coefficient (Wildman–Crippen LogP) is 3.93. The summed E-state index contributed by atoms with van der Waals surface area (Å²) in [5, 5.41) is 2.73. The van der Waals surface area contributed by atoms with Crippen LogP contribution in [-0.4, -0.2) is 36.0 Å². The summed E-state index contributed by atoms with van der Waals surface area (Å²) < 4.78 is 5.24. The summed E-state index contributed by atoms with van der Waals surface area (Å²) in [6.07, 6.45) is 1.47. The van der Waals surface area contributed by atoms with Gasteiger partial charge in [0.2, 0.25) is 0 Å². The van der Waals surface area contributed by atoms with Crippen LogP contribution in [0.25, 0.3) is 0 Å². The molecule has 1 unspecified atom stereocenters. The first-order valence-corrected chi connectivity index (χ1v) is 10.6. The van der Waals surface area contributed by atoms with E-state index in [0.717, 1.165) is 16.9 Å². The number of hydrogen-bond acceptors (Lipinski definition) is 4. The van der Waals surface area contributed by atoms with Crippen molar-refractivity contribution in [1.82, 2.24) is 10.2 Å². The number of urea groups is 1. The van der Waals surface area contributed by atoms with Gasteiger partial charge in [-0.1, -0.05) is 75.4 Å². The number of benzene rings is 2. The Kier molecular flexibility index (Phi) is 6.48. The fourth-order valence-corrected chi connectivity index (χ4v) is 3.62. The number of aryl methyl sites for hydroxylation is 1. The van der Waals surface area contributed by atoms with E-state index in [1.165, 1.54) is 5.56 Å². The summed E-state index contributed by atoms with van der Waals surface area (Å²) in [5.74, 6) is -1.05. The number of hydrogen-bond donors (Lipinski definition) is 1. The zero-order valence-corrected chi connectivity index (χ0v) is 18.6. The molecule has 1 saturated heterocycles. The first-order valence-electron chi connectivity index (χ1n) is 10.6. The van der Waals surface area contributed by atoms with Crippen molar-refractivity contribution < 1.29 is 19.1 Å². The Morgan fingerprint density at radius 3 is 2.29 bits per heavy atom. The van der Waals surface area contributed by atoms with Gasteiger partial charge in [0.15, 0.2) is 0 Å². The molecule has 1 N–H and O–H groups in total. The summed E-state index contributed by atoms with van der Waals surface area (Å²) >= 11 is 0. The molecule has 0 aromatic heterocycles. The molecule has 1 aliphatic rings. The highest BCUT2D eigenvalue weighted by molar-refractivity contribution is 6.08. The molecule has 1 fully saturated rings. The minimum absolute atomic E-state index is 0.0152. The molecule has 6 heteroatoms. The third kappa shape index (κ3) is 5.13. The van der Waals surface area contributed by atoms with Crippen LogP contribution >= 0.6 is 0 Å². The zero-order chi connectivity index (χ0) is 22.6. The van der Waals surface area contributed by atoms with Gasteiger partial charge < -0.3 is 10.1 Å². The molecule has 1 atom stereocenters. The van der Waals surface area contributed by atoms with Crippen LogP contribution < -0.4 is 5.32 Å². The number of nitrogens with one attached hydrogen (secondary N) is 1. The van der Waals surface area contributed by atoms with Gasteiger partial charge in [0.05, 0.1) is 6.61 Å². The number of imide groups is 1. The van der Waals surface area contributed by atoms with Gasteiger partial charge in [-0.3, -0.25) is 14.5 Å². The van der Waals surface area contributed by atoms with Crippen molar-refractivity contribution in [2.45, 2.75) is 51.5 Å². The molecule has 0 radical (unpaired) electrons. The molecule has 0 saturated carbocycles. The van der Waals surface area contributed by atoms with Crippen LogP contribution in [0, 0.1) is 0 Å². The summed E-state index contributed by atoms with van der Waals surface area (Å²) in [7, 11) is 0. The van der Waals surface area contributed by atoms with E-state index in [1.54, 1.807) is 6.92 Å². The number of esters is 1. The second-order valence-electron chi connectivity index (χ2n) is 9.08. The summed E-state index contributed by atoms with van der Waals surface area (Å²) in [6, 6.07) is 17.0. The number of ether oxygens (including phenoxy) is 1. The second kappa shape index (κ2) is 8.92. The second-order valence-corrected chi connectivity index (χ2v) is 9.08. The van der Waals surface area contributed by atoms with Gasteiger partial charge in [-0.2, -0.15) is 0 Å². The van der Waals surface area contributed by atoms with Gasteiger partial charge in [0, 0.05) is 0 Å². The van der Waals surface area contributed by atoms with E-state index in [2.05, 4.69) is 26.1 Å². The first kappa shape index (κ1) is 22.5. The number of carbonyl (C=O) groups excluding carboxylic acids is 3. The Labute approximate surface area is 183 Å². The number of nitrogens with zero attached hydrogens (tertiary/aromatic N) is 1. The van der Waals surface area contributed by atoms with Crippen LogP contribution in [-0.2, 0) is 31.7 Å². The number of amides is 3. The minimum Gasteiger partial charge on any atom is -0.464 e. The molecule has 6 nitrogen and oxygen atoms in total. The van der Waals surface area contributed by atoms with E-state index in [-0.39, 0.29) is 12.0 Å².